The van der Waals surface area contributed by atoms with Crippen LogP contribution in [0.4, 0.5) is 11.8 Å². The molecule has 0 atom stereocenters. The van der Waals surface area contributed by atoms with Crippen LogP contribution in [0, 0.1) is 0 Å². The molecule has 1 saturated carbocycles. The summed E-state index contributed by atoms with van der Waals surface area (Å²) in [6.45, 7) is 0. The van der Waals surface area contributed by atoms with Crippen LogP contribution in [-0.4, -0.2) is 25.6 Å². The molecule has 0 aromatic heterocycles. The number of hydrogen-bond acceptors (Lipinski definition) is 6. The number of imidazole rings is 1. The predicted molar refractivity (Wildman–Crippen MR) is 83.2 cm³/mol. The van der Waals surface area contributed by atoms with Crippen LogP contribution in [0.1, 0.15) is 31.7 Å². The van der Waals surface area contributed by atoms with Crippen molar-refractivity contribution in [3.63, 3.8) is 0 Å². The van der Waals surface area contributed by atoms with E-state index in [9.17, 15) is 0 Å². The van der Waals surface area contributed by atoms with Crippen molar-refractivity contribution in [2.45, 2.75) is 37.8 Å². The number of rotatable bonds is 1. The van der Waals surface area contributed by atoms with Gasteiger partial charge in [0, 0.05) is 12.1 Å². The van der Waals surface area contributed by atoms with Crippen LogP contribution in [0.15, 0.2) is 6.33 Å². The van der Waals surface area contributed by atoms with Crippen LogP contribution in [0.3, 0.4) is 0 Å². The summed E-state index contributed by atoms with van der Waals surface area (Å²) >= 11 is 0. The first-order chi connectivity index (χ1) is 8.66. The Kier molecular flexibility index (Phi) is 5.38. The van der Waals surface area contributed by atoms with Gasteiger partial charge in [-0.25, -0.2) is 9.97 Å². The molecule has 9 heteroatoms. The number of halogens is 2. The van der Waals surface area contributed by atoms with E-state index in [1.807, 2.05) is 4.57 Å². The minimum Gasteiger partial charge on any atom is -0.383 e. The molecule has 6 N–H and O–H groups in total. The third kappa shape index (κ3) is 2.74. The molecular formula is C11H19Cl2N7. The predicted octanol–water partition coefficient (Wildman–Crippen LogP) is 1.23. The van der Waals surface area contributed by atoms with E-state index in [0.29, 0.717) is 29.3 Å². The smallest absolute Gasteiger partial charge is 0.204 e. The number of fused-ring (bicyclic) bond motifs is 1. The highest BCUT2D eigenvalue weighted by atomic mass is 35.5. The fourth-order valence-electron chi connectivity index (χ4n) is 2.67. The third-order valence-electron chi connectivity index (χ3n) is 3.65. The van der Waals surface area contributed by atoms with Gasteiger partial charge in [0.25, 0.3) is 0 Å². The number of nitrogens with two attached hydrogens (primary N) is 3. The number of nitrogen functional groups attached to an aromatic ring is 2. The van der Waals surface area contributed by atoms with Crippen LogP contribution in [0.2, 0.25) is 0 Å². The standard InChI is InChI=1S/C11H17N7.2ClH/c12-6-1-3-7(4-2-6)18-9(13)8-10(16-5-15-8)17-11(18)14;;/h5-7H,1-4,12-13H2,(H2,14,15,16,17);2*1H. The fraction of sp³-hybridized carbons (Fsp3) is 0.545. The highest BCUT2D eigenvalue weighted by Gasteiger charge is 2.25. The molecule has 3 aliphatic rings. The Bertz CT molecular complexity index is 536. The van der Waals surface area contributed by atoms with Gasteiger partial charge in [-0.3, -0.25) is 4.57 Å². The highest BCUT2D eigenvalue weighted by molar-refractivity contribution is 5.85. The van der Waals surface area contributed by atoms with Crippen molar-refractivity contribution < 1.29 is 0 Å². The number of aromatic nitrogens is 4. The molecule has 7 nitrogen and oxygen atoms in total. The van der Waals surface area contributed by atoms with Gasteiger partial charge >= 0.3 is 0 Å². The first-order valence-corrected chi connectivity index (χ1v) is 6.16. The van der Waals surface area contributed by atoms with Crippen molar-refractivity contribution in [3.05, 3.63) is 6.33 Å². The largest absolute Gasteiger partial charge is 0.383 e. The fourth-order valence-corrected chi connectivity index (χ4v) is 2.67. The van der Waals surface area contributed by atoms with Crippen molar-refractivity contribution in [3.8, 4) is 11.5 Å². The second-order valence-corrected chi connectivity index (χ2v) is 4.84. The minimum atomic E-state index is 0. The molecule has 1 fully saturated rings. The Morgan fingerprint density at radius 1 is 1.05 bits per heavy atom. The van der Waals surface area contributed by atoms with E-state index in [4.69, 9.17) is 17.2 Å². The van der Waals surface area contributed by atoms with E-state index in [0.717, 1.165) is 25.7 Å². The highest BCUT2D eigenvalue weighted by Crippen LogP contribution is 2.34. The molecule has 0 unspecified atom stereocenters. The van der Waals surface area contributed by atoms with Crippen LogP contribution in [0.25, 0.3) is 11.5 Å². The lowest BCUT2D eigenvalue weighted by Crippen LogP contribution is -2.30. The lowest BCUT2D eigenvalue weighted by molar-refractivity contribution is 0.327. The molecule has 0 saturated heterocycles. The van der Waals surface area contributed by atoms with Crippen molar-refractivity contribution in [1.29, 1.82) is 0 Å². The van der Waals surface area contributed by atoms with Gasteiger partial charge < -0.3 is 17.2 Å². The van der Waals surface area contributed by atoms with Crippen LogP contribution in [0.5, 0.6) is 0 Å². The van der Waals surface area contributed by atoms with Gasteiger partial charge in [-0.1, -0.05) is 0 Å². The number of anilines is 2. The molecule has 0 spiro atoms. The normalized spacial score (nSPS) is 22.1. The Hall–Kier alpha value is -1.31. The molecule has 0 aromatic rings. The third-order valence-corrected chi connectivity index (χ3v) is 3.65. The van der Waals surface area contributed by atoms with Crippen LogP contribution in [-0.2, 0) is 0 Å². The lowest BCUT2D eigenvalue weighted by atomic mass is 9.91. The summed E-state index contributed by atoms with van der Waals surface area (Å²) in [6.07, 6.45) is 5.38. The summed E-state index contributed by atoms with van der Waals surface area (Å²) in [4.78, 5) is 12.4. The van der Waals surface area contributed by atoms with Crippen molar-refractivity contribution >= 4 is 36.6 Å². The van der Waals surface area contributed by atoms with E-state index in [2.05, 4.69) is 15.0 Å². The molecule has 0 amide bonds. The average Bonchev–Trinajstić information content (AvgIpc) is 2.80. The van der Waals surface area contributed by atoms with E-state index in [1.165, 1.54) is 6.33 Å². The topological polar surface area (TPSA) is 122 Å². The SMILES string of the molecule is Cl.Cl.Nc1nc2ncnc-2c(N)n1C1CCC(N)CC1. The van der Waals surface area contributed by atoms with Gasteiger partial charge in [0.05, 0.1) is 0 Å². The van der Waals surface area contributed by atoms with E-state index in [1.54, 1.807) is 0 Å². The summed E-state index contributed by atoms with van der Waals surface area (Å²) in [5.74, 6) is 1.46. The van der Waals surface area contributed by atoms with Crippen molar-refractivity contribution in [2.24, 2.45) is 5.73 Å². The molecule has 3 rings (SSSR count). The Balaban J connectivity index is 0.000001000. The number of hydrogen-bond donors (Lipinski definition) is 3. The average molecular weight is 320 g/mol. The molecular weight excluding hydrogens is 301 g/mol. The molecule has 0 radical (unpaired) electrons. The van der Waals surface area contributed by atoms with Crippen molar-refractivity contribution in [1.82, 2.24) is 19.5 Å². The second-order valence-electron chi connectivity index (χ2n) is 4.84. The second kappa shape index (κ2) is 6.43. The van der Waals surface area contributed by atoms with Gasteiger partial charge in [0.2, 0.25) is 5.95 Å². The summed E-state index contributed by atoms with van der Waals surface area (Å²) in [7, 11) is 0. The summed E-state index contributed by atoms with van der Waals surface area (Å²) in [5, 5.41) is 0. The zero-order valence-electron chi connectivity index (χ0n) is 10.9. The van der Waals surface area contributed by atoms with E-state index < -0.39 is 0 Å². The van der Waals surface area contributed by atoms with Gasteiger partial charge in [0.1, 0.15) is 17.8 Å². The Labute approximate surface area is 129 Å². The first kappa shape index (κ1) is 16.7. The summed E-state index contributed by atoms with van der Waals surface area (Å²) in [5.41, 5.74) is 18.7. The van der Waals surface area contributed by atoms with E-state index in [-0.39, 0.29) is 30.9 Å². The molecule has 1 aliphatic carbocycles. The molecule has 20 heavy (non-hydrogen) atoms. The molecule has 0 bridgehead atoms. The number of nitrogens with zero attached hydrogens (tertiary/aromatic N) is 4. The maximum absolute atomic E-state index is 6.14. The van der Waals surface area contributed by atoms with E-state index >= 15 is 0 Å². The van der Waals surface area contributed by atoms with Crippen molar-refractivity contribution in [2.75, 3.05) is 11.5 Å². The van der Waals surface area contributed by atoms with Gasteiger partial charge in [0.15, 0.2) is 5.82 Å². The molecule has 0 aromatic carbocycles. The quantitative estimate of drug-likeness (QED) is 0.726. The maximum Gasteiger partial charge on any atom is 0.204 e. The molecule has 2 aliphatic heterocycles. The summed E-state index contributed by atoms with van der Waals surface area (Å²) in [6, 6.07) is 0.554. The Morgan fingerprint density at radius 3 is 2.35 bits per heavy atom. The zero-order chi connectivity index (χ0) is 12.7. The lowest BCUT2D eigenvalue weighted by Gasteiger charge is -2.30. The van der Waals surface area contributed by atoms with Crippen LogP contribution < -0.4 is 17.2 Å². The molecule has 112 valence electrons. The van der Waals surface area contributed by atoms with Gasteiger partial charge in [-0.05, 0) is 25.7 Å². The molecule has 2 heterocycles. The first-order valence-electron chi connectivity index (χ1n) is 6.16. The van der Waals surface area contributed by atoms with Gasteiger partial charge in [-0.15, -0.1) is 24.8 Å². The van der Waals surface area contributed by atoms with Gasteiger partial charge in [-0.2, -0.15) is 4.98 Å². The maximum atomic E-state index is 6.14. The summed E-state index contributed by atoms with van der Waals surface area (Å²) < 4.78 is 1.88. The van der Waals surface area contributed by atoms with Crippen LogP contribution >= 0.6 is 24.8 Å². The monoisotopic (exact) mass is 319 g/mol. The Morgan fingerprint density at radius 2 is 1.70 bits per heavy atom. The zero-order valence-corrected chi connectivity index (χ0v) is 12.5. The minimum absolute atomic E-state index is 0.